The highest BCUT2D eigenvalue weighted by atomic mass is 32.2. The highest BCUT2D eigenvalue weighted by molar-refractivity contribution is 7.98. The van der Waals surface area contributed by atoms with Gasteiger partial charge in [0.15, 0.2) is 0 Å². The topological polar surface area (TPSA) is 80.9 Å². The second-order valence-corrected chi connectivity index (χ2v) is 5.98. The van der Waals surface area contributed by atoms with Crippen LogP contribution in [0, 0.1) is 13.8 Å². The van der Waals surface area contributed by atoms with Gasteiger partial charge in [-0.05, 0) is 33.8 Å². The van der Waals surface area contributed by atoms with Gasteiger partial charge in [0.25, 0.3) is 0 Å². The van der Waals surface area contributed by atoms with Crippen LogP contribution in [0.15, 0.2) is 17.3 Å². The number of aromatic nitrogens is 4. The molecular weight excluding hydrogens is 288 g/mol. The lowest BCUT2D eigenvalue weighted by Crippen LogP contribution is -2.08. The molecular formula is C14H18N4O2S. The van der Waals surface area contributed by atoms with Crippen molar-refractivity contribution in [1.29, 1.82) is 0 Å². The molecule has 0 aliphatic rings. The van der Waals surface area contributed by atoms with E-state index in [0.717, 1.165) is 5.69 Å². The van der Waals surface area contributed by atoms with Crippen LogP contribution in [0.4, 0.5) is 0 Å². The highest BCUT2D eigenvalue weighted by Crippen LogP contribution is 2.26. The maximum absolute atomic E-state index is 11.3. The van der Waals surface area contributed by atoms with E-state index in [1.54, 1.807) is 13.8 Å². The summed E-state index contributed by atoms with van der Waals surface area (Å²) in [5.41, 5.74) is 1.57. The summed E-state index contributed by atoms with van der Waals surface area (Å²) in [6.45, 7) is 7.57. The Balaban J connectivity index is 2.21. The third-order valence-electron chi connectivity index (χ3n) is 2.93. The minimum Gasteiger partial charge on any atom is -0.478 e. The van der Waals surface area contributed by atoms with Crippen LogP contribution in [0.1, 0.15) is 47.5 Å². The molecule has 0 amide bonds. The lowest BCUT2D eigenvalue weighted by molar-refractivity contribution is 0.0690. The van der Waals surface area contributed by atoms with E-state index < -0.39 is 5.97 Å². The number of aromatic carboxylic acids is 1. The fourth-order valence-corrected chi connectivity index (χ4v) is 2.93. The standard InChI is InChI=1S/C14H18N4O2S/c1-8(2)18-6-5-11(17-18)7-21-13-12(14(19)20)9(3)15-10(4)16-13/h5-6,8H,7H2,1-4H3,(H,19,20). The number of carbonyl (C=O) groups is 1. The maximum Gasteiger partial charge on any atom is 0.340 e. The predicted molar refractivity (Wildman–Crippen MR) is 80.6 cm³/mol. The van der Waals surface area contributed by atoms with Gasteiger partial charge < -0.3 is 5.11 Å². The molecule has 6 nitrogen and oxygen atoms in total. The van der Waals surface area contributed by atoms with Crippen molar-refractivity contribution in [2.24, 2.45) is 0 Å². The van der Waals surface area contributed by atoms with Gasteiger partial charge in [0, 0.05) is 18.0 Å². The summed E-state index contributed by atoms with van der Waals surface area (Å²) in [5.74, 6) is 0.158. The van der Waals surface area contributed by atoms with Crippen LogP contribution >= 0.6 is 11.8 Å². The van der Waals surface area contributed by atoms with Crippen molar-refractivity contribution in [3.63, 3.8) is 0 Å². The quantitative estimate of drug-likeness (QED) is 0.676. The first-order valence-electron chi connectivity index (χ1n) is 6.64. The Labute approximate surface area is 127 Å². The summed E-state index contributed by atoms with van der Waals surface area (Å²) in [6, 6.07) is 2.25. The van der Waals surface area contributed by atoms with Crippen LogP contribution in [-0.2, 0) is 5.75 Å². The molecule has 2 aromatic heterocycles. The Bertz CT molecular complexity index is 667. The second kappa shape index (κ2) is 6.26. The molecule has 0 spiro atoms. The molecule has 0 atom stereocenters. The number of aryl methyl sites for hydroxylation is 2. The van der Waals surface area contributed by atoms with E-state index in [2.05, 4.69) is 28.9 Å². The minimum atomic E-state index is -0.997. The zero-order valence-electron chi connectivity index (χ0n) is 12.5. The average Bonchev–Trinajstić information content (AvgIpc) is 2.83. The van der Waals surface area contributed by atoms with E-state index >= 15 is 0 Å². The van der Waals surface area contributed by atoms with Crippen LogP contribution in [0.3, 0.4) is 0 Å². The highest BCUT2D eigenvalue weighted by Gasteiger charge is 2.17. The van der Waals surface area contributed by atoms with Gasteiger partial charge in [-0.25, -0.2) is 14.8 Å². The van der Waals surface area contributed by atoms with Gasteiger partial charge >= 0.3 is 5.97 Å². The lowest BCUT2D eigenvalue weighted by Gasteiger charge is -2.08. The SMILES string of the molecule is Cc1nc(C)c(C(=O)O)c(SCc2ccn(C(C)C)n2)n1. The van der Waals surface area contributed by atoms with Gasteiger partial charge in [0.1, 0.15) is 16.4 Å². The summed E-state index contributed by atoms with van der Waals surface area (Å²) in [7, 11) is 0. The van der Waals surface area contributed by atoms with Crippen LogP contribution in [0.5, 0.6) is 0 Å². The van der Waals surface area contributed by atoms with Crippen molar-refractivity contribution >= 4 is 17.7 Å². The summed E-state index contributed by atoms with van der Waals surface area (Å²) in [4.78, 5) is 19.7. The Morgan fingerprint density at radius 3 is 2.67 bits per heavy atom. The maximum atomic E-state index is 11.3. The number of rotatable bonds is 5. The smallest absolute Gasteiger partial charge is 0.340 e. The zero-order chi connectivity index (χ0) is 15.6. The number of carboxylic acid groups (broad SMARTS) is 1. The Kier molecular flexibility index (Phi) is 4.62. The number of hydrogen-bond acceptors (Lipinski definition) is 5. The second-order valence-electron chi connectivity index (χ2n) is 5.01. The van der Waals surface area contributed by atoms with E-state index in [9.17, 15) is 9.90 Å². The monoisotopic (exact) mass is 306 g/mol. The summed E-state index contributed by atoms with van der Waals surface area (Å²) < 4.78 is 1.88. The van der Waals surface area contributed by atoms with Crippen molar-refractivity contribution in [2.45, 2.75) is 44.5 Å². The molecule has 0 aromatic carbocycles. The van der Waals surface area contributed by atoms with Crippen molar-refractivity contribution in [1.82, 2.24) is 19.7 Å². The third-order valence-corrected chi connectivity index (χ3v) is 3.94. The average molecular weight is 306 g/mol. The molecule has 21 heavy (non-hydrogen) atoms. The van der Waals surface area contributed by atoms with E-state index in [1.165, 1.54) is 11.8 Å². The molecule has 0 fully saturated rings. The van der Waals surface area contributed by atoms with Crippen LogP contribution in [-0.4, -0.2) is 30.8 Å². The fraction of sp³-hybridized carbons (Fsp3) is 0.429. The van der Waals surface area contributed by atoms with Crippen LogP contribution in [0.25, 0.3) is 0 Å². The molecule has 0 saturated carbocycles. The third kappa shape index (κ3) is 3.60. The summed E-state index contributed by atoms with van der Waals surface area (Å²) in [5, 5.41) is 14.2. The molecule has 0 aliphatic heterocycles. The van der Waals surface area contributed by atoms with E-state index in [1.807, 2.05) is 16.9 Å². The largest absolute Gasteiger partial charge is 0.478 e. The number of hydrogen-bond donors (Lipinski definition) is 1. The van der Waals surface area contributed by atoms with Gasteiger partial charge in [0.05, 0.1) is 11.4 Å². The molecule has 112 valence electrons. The van der Waals surface area contributed by atoms with Gasteiger partial charge in [-0.1, -0.05) is 11.8 Å². The summed E-state index contributed by atoms with van der Waals surface area (Å²) >= 11 is 1.37. The lowest BCUT2D eigenvalue weighted by atomic mass is 10.2. The number of thioether (sulfide) groups is 1. The van der Waals surface area contributed by atoms with Gasteiger partial charge in [0.2, 0.25) is 0 Å². The van der Waals surface area contributed by atoms with Crippen molar-refractivity contribution < 1.29 is 9.90 Å². The minimum absolute atomic E-state index is 0.175. The normalized spacial score (nSPS) is 11.1. The molecule has 7 heteroatoms. The van der Waals surface area contributed by atoms with Crippen molar-refractivity contribution in [3.05, 3.63) is 35.0 Å². The van der Waals surface area contributed by atoms with E-state index in [0.29, 0.717) is 28.3 Å². The number of carboxylic acids is 1. The molecule has 0 radical (unpaired) electrons. The molecule has 0 saturated heterocycles. The molecule has 0 bridgehead atoms. The predicted octanol–water partition coefficient (Wildman–Crippen LogP) is 2.86. The van der Waals surface area contributed by atoms with Crippen LogP contribution in [0.2, 0.25) is 0 Å². The van der Waals surface area contributed by atoms with E-state index in [4.69, 9.17) is 0 Å². The van der Waals surface area contributed by atoms with Gasteiger partial charge in [-0.15, -0.1) is 0 Å². The zero-order valence-corrected chi connectivity index (χ0v) is 13.3. The van der Waals surface area contributed by atoms with Crippen LogP contribution < -0.4 is 0 Å². The van der Waals surface area contributed by atoms with E-state index in [-0.39, 0.29) is 5.56 Å². The van der Waals surface area contributed by atoms with Crippen molar-refractivity contribution in [2.75, 3.05) is 0 Å². The molecule has 2 heterocycles. The Morgan fingerprint density at radius 2 is 2.10 bits per heavy atom. The first-order chi connectivity index (χ1) is 9.88. The molecule has 1 N–H and O–H groups in total. The molecule has 0 unspecified atom stereocenters. The fourth-order valence-electron chi connectivity index (χ4n) is 1.92. The first-order valence-corrected chi connectivity index (χ1v) is 7.62. The van der Waals surface area contributed by atoms with Crippen molar-refractivity contribution in [3.8, 4) is 0 Å². The van der Waals surface area contributed by atoms with Gasteiger partial charge in [-0.3, -0.25) is 4.68 Å². The summed E-state index contributed by atoms with van der Waals surface area (Å²) in [6.07, 6.45) is 1.93. The van der Waals surface area contributed by atoms with Gasteiger partial charge in [-0.2, -0.15) is 5.10 Å². The number of nitrogens with zero attached hydrogens (tertiary/aromatic N) is 4. The first kappa shape index (κ1) is 15.5. The Morgan fingerprint density at radius 1 is 1.38 bits per heavy atom. The molecule has 2 aromatic rings. The molecule has 0 aliphatic carbocycles. The Hall–Kier alpha value is -1.89. The molecule has 2 rings (SSSR count).